The van der Waals surface area contributed by atoms with Gasteiger partial charge >= 0.3 is 0 Å². The summed E-state index contributed by atoms with van der Waals surface area (Å²) in [4.78, 5) is 8.70. The summed E-state index contributed by atoms with van der Waals surface area (Å²) < 4.78 is 2.25. The summed E-state index contributed by atoms with van der Waals surface area (Å²) in [5.41, 5.74) is 2.06. The van der Waals surface area contributed by atoms with Crippen molar-refractivity contribution in [2.24, 2.45) is 0 Å². The number of hydrogen-bond acceptors (Lipinski definition) is 2. The fourth-order valence-corrected chi connectivity index (χ4v) is 2.41. The van der Waals surface area contributed by atoms with Crippen LogP contribution in [0.15, 0.2) is 18.5 Å². The molecule has 2 aromatic heterocycles. The Kier molecular flexibility index (Phi) is 3.67. The predicted octanol–water partition coefficient (Wildman–Crippen LogP) is 4.09. The number of imidazole rings is 1. The van der Waals surface area contributed by atoms with Gasteiger partial charge in [0.2, 0.25) is 0 Å². The summed E-state index contributed by atoms with van der Waals surface area (Å²) in [7, 11) is 0. The topological polar surface area (TPSA) is 30.7 Å². The summed E-state index contributed by atoms with van der Waals surface area (Å²) in [5, 5.41) is -0.0818. The van der Waals surface area contributed by atoms with E-state index in [4.69, 9.17) is 11.6 Å². The molecule has 0 aromatic carbocycles. The quantitative estimate of drug-likeness (QED) is 0.767. The molecule has 0 fully saturated rings. The van der Waals surface area contributed by atoms with Gasteiger partial charge in [0.25, 0.3) is 0 Å². The fourth-order valence-electron chi connectivity index (χ4n) is 2.26. The third-order valence-electron chi connectivity index (χ3n) is 3.02. The van der Waals surface area contributed by atoms with Gasteiger partial charge in [-0.05, 0) is 26.3 Å². The maximum atomic E-state index is 6.22. The van der Waals surface area contributed by atoms with Crippen LogP contribution in [0.5, 0.6) is 0 Å². The van der Waals surface area contributed by atoms with E-state index in [2.05, 4.69) is 28.4 Å². The molecule has 0 aliphatic rings. The predicted molar refractivity (Wildman–Crippen MR) is 71.4 cm³/mol. The highest BCUT2D eigenvalue weighted by atomic mass is 35.5. The number of hydrogen-bond donors (Lipinski definition) is 0. The SMILES string of the molecule is CCCC(C)n1c(C(C)Cl)nc2cnccc21. The average Bonchev–Trinajstić information content (AvgIpc) is 2.68. The summed E-state index contributed by atoms with van der Waals surface area (Å²) in [6.45, 7) is 6.38. The monoisotopic (exact) mass is 251 g/mol. The van der Waals surface area contributed by atoms with Crippen molar-refractivity contribution in [1.82, 2.24) is 14.5 Å². The molecule has 0 saturated carbocycles. The highest BCUT2D eigenvalue weighted by Gasteiger charge is 2.18. The standard InChI is InChI=1S/C13H18ClN3/c1-4-5-9(2)17-12-6-7-15-8-11(12)16-13(17)10(3)14/h6-10H,4-5H2,1-3H3. The minimum Gasteiger partial charge on any atom is -0.324 e. The van der Waals surface area contributed by atoms with Crippen LogP contribution in [0.2, 0.25) is 0 Å². The molecule has 0 spiro atoms. The van der Waals surface area contributed by atoms with Gasteiger partial charge in [0.1, 0.15) is 11.3 Å². The number of nitrogens with zero attached hydrogens (tertiary/aromatic N) is 3. The normalized spacial score (nSPS) is 15.1. The minimum atomic E-state index is -0.0818. The second-order valence-electron chi connectivity index (χ2n) is 4.46. The fraction of sp³-hybridized carbons (Fsp3) is 0.538. The van der Waals surface area contributed by atoms with E-state index in [0.29, 0.717) is 6.04 Å². The molecule has 92 valence electrons. The van der Waals surface area contributed by atoms with Crippen molar-refractivity contribution in [1.29, 1.82) is 0 Å². The third kappa shape index (κ3) is 2.29. The van der Waals surface area contributed by atoms with E-state index >= 15 is 0 Å². The van der Waals surface area contributed by atoms with Crippen LogP contribution >= 0.6 is 11.6 Å². The van der Waals surface area contributed by atoms with E-state index in [1.807, 2.05) is 19.2 Å². The van der Waals surface area contributed by atoms with Crippen LogP contribution in [0.25, 0.3) is 11.0 Å². The molecule has 4 heteroatoms. The number of alkyl halides is 1. The van der Waals surface area contributed by atoms with E-state index in [0.717, 1.165) is 29.7 Å². The first-order valence-corrected chi connectivity index (χ1v) is 6.54. The van der Waals surface area contributed by atoms with Crippen LogP contribution in [0, 0.1) is 0 Å². The van der Waals surface area contributed by atoms with Crippen molar-refractivity contribution < 1.29 is 0 Å². The molecule has 0 aliphatic carbocycles. The number of pyridine rings is 1. The summed E-state index contributed by atoms with van der Waals surface area (Å²) in [6.07, 6.45) is 5.89. The summed E-state index contributed by atoms with van der Waals surface area (Å²) >= 11 is 6.22. The van der Waals surface area contributed by atoms with Crippen molar-refractivity contribution in [3.05, 3.63) is 24.3 Å². The second kappa shape index (κ2) is 5.05. The molecule has 3 nitrogen and oxygen atoms in total. The molecule has 0 aliphatic heterocycles. The van der Waals surface area contributed by atoms with Gasteiger partial charge in [-0.3, -0.25) is 4.98 Å². The number of halogens is 1. The van der Waals surface area contributed by atoms with Gasteiger partial charge in [0.05, 0.1) is 17.1 Å². The maximum Gasteiger partial charge on any atom is 0.128 e. The number of rotatable bonds is 4. The lowest BCUT2D eigenvalue weighted by molar-refractivity contribution is 0.494. The Hall–Kier alpha value is -1.09. The molecule has 2 rings (SSSR count). The highest BCUT2D eigenvalue weighted by molar-refractivity contribution is 6.20. The van der Waals surface area contributed by atoms with Crippen LogP contribution in [-0.2, 0) is 0 Å². The van der Waals surface area contributed by atoms with Crippen molar-refractivity contribution in [3.8, 4) is 0 Å². The molecule has 17 heavy (non-hydrogen) atoms. The van der Waals surface area contributed by atoms with Gasteiger partial charge in [0, 0.05) is 12.2 Å². The zero-order chi connectivity index (χ0) is 12.4. The van der Waals surface area contributed by atoms with Gasteiger partial charge in [0.15, 0.2) is 0 Å². The molecule has 0 amide bonds. The van der Waals surface area contributed by atoms with Gasteiger partial charge in [-0.25, -0.2) is 4.98 Å². The van der Waals surface area contributed by atoms with Crippen molar-refractivity contribution in [2.45, 2.75) is 45.0 Å². The lowest BCUT2D eigenvalue weighted by Crippen LogP contribution is -2.09. The molecule has 0 radical (unpaired) electrons. The molecule has 0 bridgehead atoms. The van der Waals surface area contributed by atoms with Crippen LogP contribution < -0.4 is 0 Å². The Morgan fingerprint density at radius 1 is 1.41 bits per heavy atom. The molecule has 2 unspecified atom stereocenters. The Morgan fingerprint density at radius 2 is 2.18 bits per heavy atom. The molecule has 0 N–H and O–H groups in total. The molecule has 0 saturated heterocycles. The second-order valence-corrected chi connectivity index (χ2v) is 5.11. The summed E-state index contributed by atoms with van der Waals surface area (Å²) in [6, 6.07) is 2.43. The Morgan fingerprint density at radius 3 is 2.82 bits per heavy atom. The van der Waals surface area contributed by atoms with Crippen molar-refractivity contribution in [3.63, 3.8) is 0 Å². The van der Waals surface area contributed by atoms with Crippen LogP contribution in [0.3, 0.4) is 0 Å². The van der Waals surface area contributed by atoms with Gasteiger partial charge in [-0.15, -0.1) is 11.6 Å². The van der Waals surface area contributed by atoms with Crippen LogP contribution in [-0.4, -0.2) is 14.5 Å². The van der Waals surface area contributed by atoms with Crippen LogP contribution in [0.1, 0.15) is 50.9 Å². The first kappa shape index (κ1) is 12.4. The van der Waals surface area contributed by atoms with E-state index < -0.39 is 0 Å². The average molecular weight is 252 g/mol. The van der Waals surface area contributed by atoms with E-state index in [1.54, 1.807) is 6.20 Å². The zero-order valence-corrected chi connectivity index (χ0v) is 11.3. The molecular formula is C13H18ClN3. The number of fused-ring (bicyclic) bond motifs is 1. The summed E-state index contributed by atoms with van der Waals surface area (Å²) in [5.74, 6) is 0.940. The van der Waals surface area contributed by atoms with E-state index in [9.17, 15) is 0 Å². The lowest BCUT2D eigenvalue weighted by atomic mass is 10.2. The Balaban J connectivity index is 2.59. The van der Waals surface area contributed by atoms with Gasteiger partial charge < -0.3 is 4.57 Å². The van der Waals surface area contributed by atoms with E-state index in [-0.39, 0.29) is 5.38 Å². The Labute approximate surface area is 107 Å². The largest absolute Gasteiger partial charge is 0.324 e. The van der Waals surface area contributed by atoms with Crippen LogP contribution in [0.4, 0.5) is 0 Å². The molecule has 2 heterocycles. The molecular weight excluding hydrogens is 234 g/mol. The number of aromatic nitrogens is 3. The first-order valence-electron chi connectivity index (χ1n) is 6.11. The van der Waals surface area contributed by atoms with Crippen molar-refractivity contribution >= 4 is 22.6 Å². The van der Waals surface area contributed by atoms with Crippen molar-refractivity contribution in [2.75, 3.05) is 0 Å². The van der Waals surface area contributed by atoms with E-state index in [1.165, 1.54) is 0 Å². The Bertz CT molecular complexity index is 504. The molecule has 2 aromatic rings. The molecule has 2 atom stereocenters. The lowest BCUT2D eigenvalue weighted by Gasteiger charge is -2.17. The third-order valence-corrected chi connectivity index (χ3v) is 3.22. The zero-order valence-electron chi connectivity index (χ0n) is 10.5. The minimum absolute atomic E-state index is 0.0818. The maximum absolute atomic E-state index is 6.22. The highest BCUT2D eigenvalue weighted by Crippen LogP contribution is 2.29. The van der Waals surface area contributed by atoms with Gasteiger partial charge in [-0.2, -0.15) is 0 Å². The van der Waals surface area contributed by atoms with Gasteiger partial charge in [-0.1, -0.05) is 13.3 Å². The smallest absolute Gasteiger partial charge is 0.128 e. The first-order chi connectivity index (χ1) is 8.15.